The minimum absolute atomic E-state index is 0.0557. The molecule has 0 spiro atoms. The van der Waals surface area contributed by atoms with Gasteiger partial charge in [0.25, 0.3) is 0 Å². The fraction of sp³-hybridized carbons (Fsp3) is 0.667. The minimum atomic E-state index is -0.353. The van der Waals surface area contributed by atoms with Crippen molar-refractivity contribution in [3.05, 3.63) is 18.5 Å². The molecule has 2 rings (SSSR count). The summed E-state index contributed by atoms with van der Waals surface area (Å²) in [6.07, 6.45) is 5.80. The topological polar surface area (TPSA) is 58.4 Å². The van der Waals surface area contributed by atoms with Crippen LogP contribution >= 0.6 is 0 Å². The first kappa shape index (κ1) is 12.1. The lowest BCUT2D eigenvalue weighted by Crippen LogP contribution is -2.35. The van der Waals surface area contributed by atoms with Crippen molar-refractivity contribution < 1.29 is 9.90 Å². The molecule has 94 valence electrons. The van der Waals surface area contributed by atoms with Crippen molar-refractivity contribution >= 4 is 5.91 Å². The van der Waals surface area contributed by atoms with Crippen LogP contribution in [0.1, 0.15) is 19.3 Å². The smallest absolute Gasteiger partial charge is 0.224 e. The largest absolute Gasteiger partial charge is 0.391 e. The second-order valence-electron chi connectivity index (χ2n) is 4.70. The van der Waals surface area contributed by atoms with E-state index in [1.165, 1.54) is 0 Å². The van der Waals surface area contributed by atoms with Crippen LogP contribution in [0.15, 0.2) is 18.5 Å². The van der Waals surface area contributed by atoms with Crippen LogP contribution in [-0.4, -0.2) is 45.4 Å². The predicted octanol–water partition coefficient (Wildman–Crippen LogP) is 0.502. The normalized spacial score (nSPS) is 16.8. The lowest BCUT2D eigenvalue weighted by molar-refractivity contribution is -0.131. The molecule has 0 aliphatic heterocycles. The maximum atomic E-state index is 11.8. The first-order valence-electron chi connectivity index (χ1n) is 6.06. The zero-order valence-electron chi connectivity index (χ0n) is 10.1. The zero-order valence-corrected chi connectivity index (χ0v) is 10.1. The van der Waals surface area contributed by atoms with Crippen molar-refractivity contribution in [2.45, 2.75) is 31.9 Å². The van der Waals surface area contributed by atoms with E-state index in [1.807, 2.05) is 12.3 Å². The summed E-state index contributed by atoms with van der Waals surface area (Å²) >= 11 is 0. The fourth-order valence-corrected chi connectivity index (χ4v) is 1.85. The fourth-order valence-electron chi connectivity index (χ4n) is 1.85. The molecule has 1 aromatic rings. The molecule has 1 aliphatic carbocycles. The van der Waals surface area contributed by atoms with Crippen LogP contribution in [0.5, 0.6) is 0 Å². The third kappa shape index (κ3) is 3.56. The number of nitrogens with zero attached hydrogens (tertiary/aromatic N) is 3. The summed E-state index contributed by atoms with van der Waals surface area (Å²) in [5.74, 6) is 0.469. The Labute approximate surface area is 101 Å². The number of carbonyl (C=O) groups is 1. The molecular weight excluding hydrogens is 218 g/mol. The molecule has 1 amide bonds. The number of rotatable bonds is 6. The van der Waals surface area contributed by atoms with Gasteiger partial charge in [0.05, 0.1) is 6.10 Å². The summed E-state index contributed by atoms with van der Waals surface area (Å²) in [5, 5.41) is 13.8. The van der Waals surface area contributed by atoms with Gasteiger partial charge < -0.3 is 10.0 Å². The molecule has 5 nitrogen and oxygen atoms in total. The quantitative estimate of drug-likeness (QED) is 0.784. The van der Waals surface area contributed by atoms with E-state index < -0.39 is 0 Å². The number of carbonyl (C=O) groups excluding carboxylic acids is 1. The number of amides is 1. The van der Waals surface area contributed by atoms with E-state index in [0.29, 0.717) is 25.4 Å². The Morgan fingerprint density at radius 1 is 1.65 bits per heavy atom. The van der Waals surface area contributed by atoms with Gasteiger partial charge in [0.15, 0.2) is 0 Å². The molecule has 1 saturated carbocycles. The average molecular weight is 237 g/mol. The van der Waals surface area contributed by atoms with Gasteiger partial charge in [-0.2, -0.15) is 5.10 Å². The van der Waals surface area contributed by atoms with Gasteiger partial charge in [-0.25, -0.2) is 0 Å². The van der Waals surface area contributed by atoms with Crippen LogP contribution in [0.25, 0.3) is 0 Å². The van der Waals surface area contributed by atoms with Crippen molar-refractivity contribution in [3.8, 4) is 0 Å². The van der Waals surface area contributed by atoms with E-state index in [-0.39, 0.29) is 12.0 Å². The summed E-state index contributed by atoms with van der Waals surface area (Å²) < 4.78 is 1.74. The molecule has 1 fully saturated rings. The van der Waals surface area contributed by atoms with Crippen LogP contribution in [0.3, 0.4) is 0 Å². The molecule has 0 aromatic carbocycles. The third-order valence-corrected chi connectivity index (χ3v) is 3.17. The Morgan fingerprint density at radius 2 is 2.41 bits per heavy atom. The first-order chi connectivity index (χ1) is 8.16. The second kappa shape index (κ2) is 5.31. The van der Waals surface area contributed by atoms with Crippen molar-refractivity contribution in [1.82, 2.24) is 14.7 Å². The van der Waals surface area contributed by atoms with Crippen molar-refractivity contribution in [3.63, 3.8) is 0 Å². The summed E-state index contributed by atoms with van der Waals surface area (Å²) in [7, 11) is 1.75. The molecular formula is C12H19N3O2. The number of aromatic nitrogens is 2. The molecule has 1 aromatic heterocycles. The van der Waals surface area contributed by atoms with Crippen LogP contribution in [0.2, 0.25) is 0 Å². The van der Waals surface area contributed by atoms with Gasteiger partial charge in [0.2, 0.25) is 5.91 Å². The lowest BCUT2D eigenvalue weighted by atomic mass is 10.2. The molecule has 1 aliphatic rings. The van der Waals surface area contributed by atoms with Gasteiger partial charge in [-0.15, -0.1) is 0 Å². The number of aliphatic hydroxyl groups excluding tert-OH is 1. The molecule has 5 heteroatoms. The number of aryl methyl sites for hydroxylation is 1. The van der Waals surface area contributed by atoms with Gasteiger partial charge in [0.1, 0.15) is 0 Å². The molecule has 1 unspecified atom stereocenters. The molecule has 0 bridgehead atoms. The molecule has 1 N–H and O–H groups in total. The van der Waals surface area contributed by atoms with E-state index in [2.05, 4.69) is 5.10 Å². The minimum Gasteiger partial charge on any atom is -0.391 e. The van der Waals surface area contributed by atoms with Crippen molar-refractivity contribution in [2.24, 2.45) is 5.92 Å². The Kier molecular flexibility index (Phi) is 3.78. The predicted molar refractivity (Wildman–Crippen MR) is 63.2 cm³/mol. The first-order valence-corrected chi connectivity index (χ1v) is 6.06. The van der Waals surface area contributed by atoms with E-state index >= 15 is 0 Å². The molecule has 1 heterocycles. The number of hydrogen-bond acceptors (Lipinski definition) is 3. The monoisotopic (exact) mass is 237 g/mol. The average Bonchev–Trinajstić information content (AvgIpc) is 3.04. The summed E-state index contributed by atoms with van der Waals surface area (Å²) in [6.45, 7) is 1.04. The zero-order chi connectivity index (χ0) is 12.3. The van der Waals surface area contributed by atoms with Crippen LogP contribution in [-0.2, 0) is 11.3 Å². The Bertz CT molecular complexity index is 360. The number of aliphatic hydroxyl groups is 1. The number of hydrogen-bond donors (Lipinski definition) is 1. The van der Waals surface area contributed by atoms with Crippen LogP contribution in [0.4, 0.5) is 0 Å². The maximum Gasteiger partial charge on any atom is 0.224 e. The summed E-state index contributed by atoms with van der Waals surface area (Å²) in [5.41, 5.74) is 0. The van der Waals surface area contributed by atoms with Crippen molar-refractivity contribution in [1.29, 1.82) is 0 Å². The van der Waals surface area contributed by atoms with Gasteiger partial charge in [0, 0.05) is 39.0 Å². The van der Waals surface area contributed by atoms with Gasteiger partial charge in [-0.1, -0.05) is 0 Å². The Morgan fingerprint density at radius 3 is 3.00 bits per heavy atom. The summed E-state index contributed by atoms with van der Waals surface area (Å²) in [4.78, 5) is 13.4. The highest BCUT2D eigenvalue weighted by molar-refractivity contribution is 5.75. The highest BCUT2D eigenvalue weighted by atomic mass is 16.3. The highest BCUT2D eigenvalue weighted by Crippen LogP contribution is 2.32. The standard InChI is InChI=1S/C12H19N3O2/c1-14(9-11(16)10-3-4-10)12(17)5-8-15-7-2-6-13-15/h2,6-7,10-11,16H,3-5,8-9H2,1H3. The van der Waals surface area contributed by atoms with Gasteiger partial charge in [-0.3, -0.25) is 9.48 Å². The number of likely N-dealkylation sites (N-methyl/N-ethyl adjacent to an activating group) is 1. The van der Waals surface area contributed by atoms with E-state index in [4.69, 9.17) is 0 Å². The Balaban J connectivity index is 1.71. The van der Waals surface area contributed by atoms with Crippen molar-refractivity contribution in [2.75, 3.05) is 13.6 Å². The Hall–Kier alpha value is -1.36. The van der Waals surface area contributed by atoms with E-state index in [0.717, 1.165) is 12.8 Å². The molecule has 17 heavy (non-hydrogen) atoms. The van der Waals surface area contributed by atoms with Crippen LogP contribution < -0.4 is 0 Å². The molecule has 1 atom stereocenters. The highest BCUT2D eigenvalue weighted by Gasteiger charge is 2.30. The van der Waals surface area contributed by atoms with Gasteiger partial charge >= 0.3 is 0 Å². The lowest BCUT2D eigenvalue weighted by Gasteiger charge is -2.20. The van der Waals surface area contributed by atoms with Crippen LogP contribution in [0, 0.1) is 5.92 Å². The van der Waals surface area contributed by atoms with E-state index in [9.17, 15) is 9.90 Å². The van der Waals surface area contributed by atoms with Gasteiger partial charge in [-0.05, 0) is 24.8 Å². The molecule has 0 saturated heterocycles. The maximum absolute atomic E-state index is 11.8. The summed E-state index contributed by atoms with van der Waals surface area (Å²) in [6, 6.07) is 1.84. The molecule has 0 radical (unpaired) electrons. The second-order valence-corrected chi connectivity index (χ2v) is 4.70. The third-order valence-electron chi connectivity index (χ3n) is 3.17. The van der Waals surface area contributed by atoms with E-state index in [1.54, 1.807) is 22.8 Å². The SMILES string of the molecule is CN(CC(O)C1CC1)C(=O)CCn1cccn1.